The lowest BCUT2D eigenvalue weighted by atomic mass is 9.95. The van der Waals surface area contributed by atoms with Crippen LogP contribution >= 0.6 is 0 Å². The second-order valence-corrected chi connectivity index (χ2v) is 5.77. The molecule has 8 heteroatoms. The maximum absolute atomic E-state index is 14.4. The number of nitrogen functional groups attached to an aromatic ring is 1. The number of aromatic amines is 1. The van der Waals surface area contributed by atoms with Crippen molar-refractivity contribution in [2.45, 2.75) is 6.92 Å². The highest BCUT2D eigenvalue weighted by molar-refractivity contribution is 6.08. The Morgan fingerprint density at radius 2 is 2.00 bits per heavy atom. The molecule has 0 spiro atoms. The van der Waals surface area contributed by atoms with E-state index in [1.54, 1.807) is 12.1 Å². The number of benzene rings is 2. The molecule has 124 valence electrons. The molecule has 0 aliphatic heterocycles. The number of aryl methyl sites for hydroxylation is 1. The maximum atomic E-state index is 14.4. The van der Waals surface area contributed by atoms with Crippen molar-refractivity contribution in [1.29, 1.82) is 0 Å². The highest BCUT2D eigenvalue weighted by atomic mass is 19.1. The van der Waals surface area contributed by atoms with Crippen molar-refractivity contribution in [2.75, 3.05) is 5.73 Å². The average Bonchev–Trinajstić information content (AvgIpc) is 3.03. The van der Waals surface area contributed by atoms with Gasteiger partial charge in [0.1, 0.15) is 11.3 Å². The van der Waals surface area contributed by atoms with Crippen molar-refractivity contribution in [2.24, 2.45) is 5.73 Å². The zero-order valence-electron chi connectivity index (χ0n) is 13.2. The van der Waals surface area contributed by atoms with Crippen LogP contribution in [0.25, 0.3) is 32.9 Å². The lowest BCUT2D eigenvalue weighted by Gasteiger charge is -2.12. The van der Waals surface area contributed by atoms with Gasteiger partial charge in [0, 0.05) is 10.9 Å². The molecule has 4 rings (SSSR count). The molecule has 0 fully saturated rings. The van der Waals surface area contributed by atoms with Crippen molar-refractivity contribution < 1.29 is 9.18 Å². The van der Waals surface area contributed by atoms with Gasteiger partial charge in [0.2, 0.25) is 0 Å². The average molecular weight is 336 g/mol. The van der Waals surface area contributed by atoms with Gasteiger partial charge >= 0.3 is 0 Å². The van der Waals surface area contributed by atoms with E-state index in [9.17, 15) is 9.18 Å². The van der Waals surface area contributed by atoms with Crippen LogP contribution < -0.4 is 11.5 Å². The van der Waals surface area contributed by atoms with Gasteiger partial charge in [0.05, 0.1) is 22.8 Å². The number of nitrogens with zero attached hydrogens (tertiary/aromatic N) is 3. The van der Waals surface area contributed by atoms with Crippen LogP contribution in [-0.4, -0.2) is 26.3 Å². The molecule has 0 bridgehead atoms. The molecule has 0 aliphatic rings. The molecule has 1 amide bonds. The number of rotatable bonds is 2. The Morgan fingerprint density at radius 3 is 2.76 bits per heavy atom. The van der Waals surface area contributed by atoms with E-state index in [2.05, 4.69) is 20.4 Å². The summed E-state index contributed by atoms with van der Waals surface area (Å²) in [4.78, 5) is 11.4. The van der Waals surface area contributed by atoms with E-state index < -0.39 is 11.7 Å². The van der Waals surface area contributed by atoms with E-state index in [0.717, 1.165) is 5.56 Å². The van der Waals surface area contributed by atoms with E-state index >= 15 is 0 Å². The molecule has 0 atom stereocenters. The number of hydrogen-bond donors (Lipinski definition) is 3. The first-order valence-corrected chi connectivity index (χ1v) is 7.45. The highest BCUT2D eigenvalue weighted by Gasteiger charge is 2.18. The van der Waals surface area contributed by atoms with Gasteiger partial charge < -0.3 is 11.5 Å². The number of carbonyl (C=O) groups excluding carboxylic acids is 1. The number of hydrogen-bond acceptors (Lipinski definition) is 5. The third-order valence-electron chi connectivity index (χ3n) is 4.21. The zero-order chi connectivity index (χ0) is 17.7. The van der Waals surface area contributed by atoms with Gasteiger partial charge in [-0.3, -0.25) is 9.89 Å². The molecular formula is C17H13FN6O. The van der Waals surface area contributed by atoms with Crippen LogP contribution in [0.1, 0.15) is 16.1 Å². The summed E-state index contributed by atoms with van der Waals surface area (Å²) in [6.45, 7) is 1.88. The monoisotopic (exact) mass is 336 g/mol. The van der Waals surface area contributed by atoms with Crippen molar-refractivity contribution in [3.8, 4) is 11.1 Å². The minimum atomic E-state index is -0.751. The molecule has 5 N–H and O–H groups in total. The Kier molecular flexibility index (Phi) is 3.14. The predicted molar refractivity (Wildman–Crippen MR) is 92.3 cm³/mol. The van der Waals surface area contributed by atoms with Crippen LogP contribution in [0.5, 0.6) is 0 Å². The second kappa shape index (κ2) is 5.23. The molecule has 0 saturated heterocycles. The molecule has 2 heterocycles. The van der Waals surface area contributed by atoms with Gasteiger partial charge in [-0.2, -0.15) is 5.10 Å². The first kappa shape index (κ1) is 15.0. The molecule has 0 aliphatic carbocycles. The predicted octanol–water partition coefficient (Wildman–Crippen LogP) is 2.30. The van der Waals surface area contributed by atoms with Crippen LogP contribution in [0.2, 0.25) is 0 Å². The SMILES string of the molecule is Cc1ccc2c(N)c(C(N)=O)nnc2c1-c1cc(F)c2cn[nH]c2c1. The number of amides is 1. The quantitative estimate of drug-likeness (QED) is 0.518. The smallest absolute Gasteiger partial charge is 0.271 e. The molecule has 0 radical (unpaired) electrons. The van der Waals surface area contributed by atoms with Gasteiger partial charge in [-0.15, -0.1) is 10.2 Å². The molecule has 7 nitrogen and oxygen atoms in total. The van der Waals surface area contributed by atoms with E-state index in [4.69, 9.17) is 11.5 Å². The van der Waals surface area contributed by atoms with Gasteiger partial charge in [-0.05, 0) is 30.2 Å². The number of carbonyl (C=O) groups is 1. The lowest BCUT2D eigenvalue weighted by molar-refractivity contribution is 0.0996. The number of nitrogens with one attached hydrogen (secondary N) is 1. The largest absolute Gasteiger partial charge is 0.396 e. The number of nitrogens with two attached hydrogens (primary N) is 2. The Labute approximate surface area is 140 Å². The van der Waals surface area contributed by atoms with Gasteiger partial charge in [0.25, 0.3) is 5.91 Å². The van der Waals surface area contributed by atoms with E-state index in [-0.39, 0.29) is 11.4 Å². The van der Waals surface area contributed by atoms with E-state index in [1.807, 2.05) is 13.0 Å². The molecule has 25 heavy (non-hydrogen) atoms. The van der Waals surface area contributed by atoms with Gasteiger partial charge in [0.15, 0.2) is 5.69 Å². The molecule has 2 aromatic carbocycles. The van der Waals surface area contributed by atoms with Crippen LogP contribution in [0, 0.1) is 12.7 Å². The highest BCUT2D eigenvalue weighted by Crippen LogP contribution is 2.35. The summed E-state index contributed by atoms with van der Waals surface area (Å²) in [5.41, 5.74) is 14.6. The summed E-state index contributed by atoms with van der Waals surface area (Å²) >= 11 is 0. The van der Waals surface area contributed by atoms with Crippen molar-refractivity contribution in [3.05, 3.63) is 47.5 Å². The number of aromatic nitrogens is 4. The maximum Gasteiger partial charge on any atom is 0.271 e. The fourth-order valence-electron chi connectivity index (χ4n) is 2.99. The van der Waals surface area contributed by atoms with Crippen molar-refractivity contribution in [1.82, 2.24) is 20.4 Å². The first-order valence-electron chi connectivity index (χ1n) is 7.45. The standard InChI is InChI=1S/C17H13FN6O/c1-7-2-3-9-14(19)16(17(20)25)24-23-15(9)13(7)8-4-11(18)10-6-21-22-12(10)5-8/h2-6H,1H3,(H2,19,23)(H2,20,25)(H,21,22). The zero-order valence-corrected chi connectivity index (χ0v) is 13.2. The van der Waals surface area contributed by atoms with Crippen LogP contribution in [0.15, 0.2) is 30.5 Å². The van der Waals surface area contributed by atoms with Crippen LogP contribution in [0.3, 0.4) is 0 Å². The Bertz CT molecular complexity index is 1170. The summed E-state index contributed by atoms with van der Waals surface area (Å²) in [6.07, 6.45) is 1.43. The van der Waals surface area contributed by atoms with Crippen LogP contribution in [0.4, 0.5) is 10.1 Å². The minimum absolute atomic E-state index is 0.0856. The third kappa shape index (κ3) is 2.18. The summed E-state index contributed by atoms with van der Waals surface area (Å²) in [6, 6.07) is 6.78. The molecule has 0 unspecified atom stereocenters. The van der Waals surface area contributed by atoms with E-state index in [0.29, 0.717) is 32.9 Å². The Balaban J connectivity index is 2.07. The summed E-state index contributed by atoms with van der Waals surface area (Å²) in [7, 11) is 0. The Hall–Kier alpha value is -3.55. The van der Waals surface area contributed by atoms with Crippen molar-refractivity contribution in [3.63, 3.8) is 0 Å². The fourth-order valence-corrected chi connectivity index (χ4v) is 2.99. The fraction of sp³-hybridized carbons (Fsp3) is 0.0588. The number of primary amides is 1. The third-order valence-corrected chi connectivity index (χ3v) is 4.21. The van der Waals surface area contributed by atoms with Gasteiger partial charge in [-0.25, -0.2) is 4.39 Å². The summed E-state index contributed by atoms with van der Waals surface area (Å²) < 4.78 is 14.4. The first-order chi connectivity index (χ1) is 12.0. The lowest BCUT2D eigenvalue weighted by Crippen LogP contribution is -2.16. The number of fused-ring (bicyclic) bond motifs is 2. The van der Waals surface area contributed by atoms with Crippen LogP contribution in [-0.2, 0) is 0 Å². The molecule has 0 saturated carbocycles. The minimum Gasteiger partial charge on any atom is -0.396 e. The normalized spacial score (nSPS) is 11.3. The number of anilines is 1. The molecule has 2 aromatic heterocycles. The second-order valence-electron chi connectivity index (χ2n) is 5.77. The topological polar surface area (TPSA) is 124 Å². The molecular weight excluding hydrogens is 323 g/mol. The van der Waals surface area contributed by atoms with Crippen molar-refractivity contribution >= 4 is 33.4 Å². The van der Waals surface area contributed by atoms with Gasteiger partial charge in [-0.1, -0.05) is 12.1 Å². The molecule has 4 aromatic rings. The number of halogens is 1. The Morgan fingerprint density at radius 1 is 1.20 bits per heavy atom. The summed E-state index contributed by atoms with van der Waals surface area (Å²) in [5, 5.41) is 15.5. The number of H-pyrrole nitrogens is 1. The summed E-state index contributed by atoms with van der Waals surface area (Å²) in [5.74, 6) is -1.15. The van der Waals surface area contributed by atoms with E-state index in [1.165, 1.54) is 12.3 Å².